The molecular weight excluding hydrogens is 474 g/mol. The maximum absolute atomic E-state index is 13.5. The molecule has 0 aliphatic carbocycles. The summed E-state index contributed by atoms with van der Waals surface area (Å²) in [5.41, 5.74) is 4.17. The van der Waals surface area contributed by atoms with Gasteiger partial charge in [0, 0.05) is 80.5 Å². The molecule has 7 nitrogen and oxygen atoms in total. The van der Waals surface area contributed by atoms with E-state index in [0.29, 0.717) is 25.3 Å². The summed E-state index contributed by atoms with van der Waals surface area (Å²) in [6, 6.07) is 8.06. The number of H-pyrrole nitrogens is 1. The molecule has 9 heteroatoms. The number of aromatic nitrogens is 3. The molecule has 0 saturated carbocycles. The van der Waals surface area contributed by atoms with E-state index in [1.165, 1.54) is 0 Å². The van der Waals surface area contributed by atoms with E-state index in [0.717, 1.165) is 53.5 Å². The lowest BCUT2D eigenvalue weighted by Gasteiger charge is -2.40. The quantitative estimate of drug-likeness (QED) is 0.513. The molecule has 0 bridgehead atoms. The van der Waals surface area contributed by atoms with Crippen molar-refractivity contribution in [1.29, 1.82) is 0 Å². The van der Waals surface area contributed by atoms with Crippen LogP contribution in [0.5, 0.6) is 0 Å². The van der Waals surface area contributed by atoms with Gasteiger partial charge in [-0.15, -0.1) is 0 Å². The molecule has 0 atom stereocenters. The van der Waals surface area contributed by atoms with Crippen molar-refractivity contribution in [3.63, 3.8) is 0 Å². The third-order valence-electron chi connectivity index (χ3n) is 7.68. The van der Waals surface area contributed by atoms with Gasteiger partial charge in [-0.2, -0.15) is 5.10 Å². The largest absolute Gasteiger partial charge is 0.348 e. The van der Waals surface area contributed by atoms with Crippen molar-refractivity contribution in [1.82, 2.24) is 30.3 Å². The Labute approximate surface area is 216 Å². The monoisotopic (exact) mass is 510 g/mol. The number of amides is 1. The number of hydrogen-bond acceptors (Lipinski definition) is 5. The van der Waals surface area contributed by atoms with Crippen LogP contribution in [0.25, 0.3) is 22.0 Å². The van der Waals surface area contributed by atoms with Crippen LogP contribution in [0.4, 0.5) is 8.78 Å². The van der Waals surface area contributed by atoms with Crippen molar-refractivity contribution >= 4 is 16.8 Å². The summed E-state index contributed by atoms with van der Waals surface area (Å²) in [5.74, 6) is -2.71. The number of fused-ring (bicyclic) bond motifs is 1. The zero-order chi connectivity index (χ0) is 26.2. The Morgan fingerprint density at radius 1 is 1.08 bits per heavy atom. The highest BCUT2D eigenvalue weighted by molar-refractivity contribution is 6.05. The van der Waals surface area contributed by atoms with Crippen molar-refractivity contribution in [3.8, 4) is 11.1 Å². The van der Waals surface area contributed by atoms with Gasteiger partial charge >= 0.3 is 0 Å². The molecule has 2 N–H and O–H groups in total. The van der Waals surface area contributed by atoms with E-state index in [1.807, 2.05) is 29.2 Å². The smallest absolute Gasteiger partial charge is 0.272 e. The lowest BCUT2D eigenvalue weighted by molar-refractivity contribution is -0.0566. The van der Waals surface area contributed by atoms with Gasteiger partial charge in [0.15, 0.2) is 5.69 Å². The number of benzene rings is 1. The van der Waals surface area contributed by atoms with E-state index in [-0.39, 0.29) is 30.3 Å². The van der Waals surface area contributed by atoms with Crippen LogP contribution >= 0.6 is 0 Å². The van der Waals surface area contributed by atoms with Crippen molar-refractivity contribution < 1.29 is 13.6 Å². The van der Waals surface area contributed by atoms with Crippen molar-refractivity contribution in [2.45, 2.75) is 70.5 Å². The van der Waals surface area contributed by atoms with E-state index in [2.05, 4.69) is 46.2 Å². The van der Waals surface area contributed by atoms with Crippen LogP contribution in [-0.2, 0) is 6.54 Å². The van der Waals surface area contributed by atoms with E-state index < -0.39 is 5.92 Å². The lowest BCUT2D eigenvalue weighted by Crippen LogP contribution is -2.50. The molecule has 2 aliphatic rings. The Kier molecular flexibility index (Phi) is 7.02. The standard InChI is InChI=1S/C28H36F2N6O/c1-27(2,3)36-10-6-22(7-11-36)32-26(37)25-23-15-20(4-5-24(23)33-34-25)21-14-19(16-31-17-21)18-35-12-8-28(29,30)9-13-35/h4-5,14-17,22H,6-13,18H2,1-3H3,(H,32,37)(H,33,34). The van der Waals surface area contributed by atoms with Gasteiger partial charge in [-0.05, 0) is 62.9 Å². The molecule has 0 radical (unpaired) electrons. The highest BCUT2D eigenvalue weighted by atomic mass is 19.3. The molecule has 1 amide bonds. The first-order valence-electron chi connectivity index (χ1n) is 13.2. The van der Waals surface area contributed by atoms with Crippen LogP contribution in [0.2, 0.25) is 0 Å². The number of likely N-dealkylation sites (tertiary alicyclic amines) is 2. The minimum absolute atomic E-state index is 0.0994. The number of hydrogen-bond donors (Lipinski definition) is 2. The number of aromatic amines is 1. The maximum Gasteiger partial charge on any atom is 0.272 e. The van der Waals surface area contributed by atoms with Gasteiger partial charge in [0.05, 0.1) is 5.52 Å². The van der Waals surface area contributed by atoms with Crippen LogP contribution < -0.4 is 5.32 Å². The fourth-order valence-electron chi connectivity index (χ4n) is 5.34. The predicted octanol–water partition coefficient (Wildman–Crippen LogP) is 4.85. The second kappa shape index (κ2) is 10.1. The van der Waals surface area contributed by atoms with Crippen molar-refractivity contribution in [3.05, 3.63) is 47.9 Å². The number of alkyl halides is 2. The van der Waals surface area contributed by atoms with Crippen molar-refractivity contribution in [2.24, 2.45) is 0 Å². The summed E-state index contributed by atoms with van der Waals surface area (Å²) in [6.45, 7) is 9.94. The molecule has 2 fully saturated rings. The number of pyridine rings is 1. The number of carbonyl (C=O) groups excluding carboxylic acids is 1. The first kappa shape index (κ1) is 25.7. The highest BCUT2D eigenvalue weighted by Crippen LogP contribution is 2.30. The molecule has 4 heterocycles. The van der Waals surface area contributed by atoms with Crippen molar-refractivity contribution in [2.75, 3.05) is 26.2 Å². The Balaban J connectivity index is 1.28. The Morgan fingerprint density at radius 2 is 1.81 bits per heavy atom. The zero-order valence-corrected chi connectivity index (χ0v) is 21.9. The van der Waals surface area contributed by atoms with Gasteiger partial charge in [-0.25, -0.2) is 8.78 Å². The summed E-state index contributed by atoms with van der Waals surface area (Å²) in [6.07, 6.45) is 5.22. The maximum atomic E-state index is 13.5. The highest BCUT2D eigenvalue weighted by Gasteiger charge is 2.34. The molecule has 1 aromatic carbocycles. The van der Waals surface area contributed by atoms with Gasteiger partial charge in [-0.1, -0.05) is 6.07 Å². The molecule has 2 aromatic heterocycles. The van der Waals surface area contributed by atoms with E-state index >= 15 is 0 Å². The second-order valence-electron chi connectivity index (χ2n) is 11.5. The summed E-state index contributed by atoms with van der Waals surface area (Å²) in [4.78, 5) is 22.1. The second-order valence-corrected chi connectivity index (χ2v) is 11.5. The topological polar surface area (TPSA) is 77.1 Å². The molecule has 2 saturated heterocycles. The van der Waals surface area contributed by atoms with Crippen LogP contribution in [0.15, 0.2) is 36.7 Å². The number of piperidine rings is 2. The number of nitrogens with one attached hydrogen (secondary N) is 2. The summed E-state index contributed by atoms with van der Waals surface area (Å²) < 4.78 is 27.0. The summed E-state index contributed by atoms with van der Waals surface area (Å²) >= 11 is 0. The lowest BCUT2D eigenvalue weighted by atomic mass is 9.98. The van der Waals surface area contributed by atoms with Crippen LogP contribution in [0.1, 0.15) is 62.5 Å². The molecule has 0 unspecified atom stereocenters. The molecule has 37 heavy (non-hydrogen) atoms. The van der Waals surface area contributed by atoms with Gasteiger partial charge in [-0.3, -0.25) is 24.7 Å². The van der Waals surface area contributed by atoms with Gasteiger partial charge in [0.25, 0.3) is 11.8 Å². The van der Waals surface area contributed by atoms with E-state index in [9.17, 15) is 13.6 Å². The number of carbonyl (C=O) groups is 1. The Bertz CT molecular complexity index is 1250. The minimum atomic E-state index is -2.55. The Hall–Kier alpha value is -2.91. The SMILES string of the molecule is CC(C)(C)N1CCC(NC(=O)c2n[nH]c3ccc(-c4cncc(CN5CCC(F)(F)CC5)c4)cc23)CC1. The van der Waals surface area contributed by atoms with E-state index in [1.54, 1.807) is 12.4 Å². The van der Waals surface area contributed by atoms with Gasteiger partial charge in [0.1, 0.15) is 0 Å². The molecule has 198 valence electrons. The van der Waals surface area contributed by atoms with Crippen LogP contribution in [0, 0.1) is 0 Å². The van der Waals surface area contributed by atoms with E-state index in [4.69, 9.17) is 0 Å². The fourth-order valence-corrected chi connectivity index (χ4v) is 5.34. The third kappa shape index (κ3) is 5.99. The molecule has 5 rings (SSSR count). The number of halogens is 2. The minimum Gasteiger partial charge on any atom is -0.348 e. The molecular formula is C28H36F2N6O. The molecule has 2 aliphatic heterocycles. The van der Waals surface area contributed by atoms with Crippen LogP contribution in [-0.4, -0.2) is 74.6 Å². The first-order chi connectivity index (χ1) is 17.6. The first-order valence-corrected chi connectivity index (χ1v) is 13.2. The number of rotatable bonds is 5. The summed E-state index contributed by atoms with van der Waals surface area (Å²) in [7, 11) is 0. The average Bonchev–Trinajstić information content (AvgIpc) is 3.29. The van der Waals surface area contributed by atoms with Gasteiger partial charge in [0.2, 0.25) is 0 Å². The Morgan fingerprint density at radius 3 is 2.51 bits per heavy atom. The molecule has 3 aromatic rings. The normalized spacial score (nSPS) is 19.8. The summed E-state index contributed by atoms with van der Waals surface area (Å²) in [5, 5.41) is 11.3. The zero-order valence-electron chi connectivity index (χ0n) is 21.9. The predicted molar refractivity (Wildman–Crippen MR) is 141 cm³/mol. The van der Waals surface area contributed by atoms with Gasteiger partial charge < -0.3 is 5.32 Å². The third-order valence-corrected chi connectivity index (χ3v) is 7.68. The average molecular weight is 511 g/mol. The fraction of sp³-hybridized carbons (Fsp3) is 0.536. The van der Waals surface area contributed by atoms with Crippen LogP contribution in [0.3, 0.4) is 0 Å². The molecule has 0 spiro atoms. The number of nitrogens with zero attached hydrogens (tertiary/aromatic N) is 4.